The van der Waals surface area contributed by atoms with Gasteiger partial charge in [0.05, 0.1) is 6.61 Å². The number of hydrogen-bond donors (Lipinski definition) is 0. The number of aryl methyl sites for hydroxylation is 1. The van der Waals surface area contributed by atoms with Crippen molar-refractivity contribution >= 4 is 11.8 Å². The Kier molecular flexibility index (Phi) is 4.03. The van der Waals surface area contributed by atoms with Gasteiger partial charge in [0.15, 0.2) is 11.5 Å². The highest BCUT2D eigenvalue weighted by molar-refractivity contribution is 6.07. The van der Waals surface area contributed by atoms with E-state index in [2.05, 4.69) is 0 Å². The van der Waals surface area contributed by atoms with Crippen molar-refractivity contribution in [3.63, 3.8) is 0 Å². The standard InChI is InChI=1S/C16H16O4/c1-4-19-16(18)13-11(3)20-15(10(2)17)14(13)12-8-6-5-7-9-12/h5-9H,4H2,1-3H3. The third-order valence-corrected chi connectivity index (χ3v) is 2.95. The number of rotatable bonds is 4. The highest BCUT2D eigenvalue weighted by Gasteiger charge is 2.27. The summed E-state index contributed by atoms with van der Waals surface area (Å²) in [5, 5.41) is 0. The molecule has 4 nitrogen and oxygen atoms in total. The van der Waals surface area contributed by atoms with Gasteiger partial charge in [0.1, 0.15) is 11.3 Å². The van der Waals surface area contributed by atoms with Crippen LogP contribution in [0.5, 0.6) is 0 Å². The second-order valence-electron chi connectivity index (χ2n) is 4.38. The minimum Gasteiger partial charge on any atom is -0.462 e. The van der Waals surface area contributed by atoms with Crippen molar-refractivity contribution in [1.82, 2.24) is 0 Å². The van der Waals surface area contributed by atoms with Gasteiger partial charge in [-0.25, -0.2) is 4.79 Å². The lowest BCUT2D eigenvalue weighted by Gasteiger charge is -2.05. The molecule has 20 heavy (non-hydrogen) atoms. The van der Waals surface area contributed by atoms with E-state index in [1.165, 1.54) is 6.92 Å². The number of benzene rings is 1. The molecule has 0 atom stereocenters. The molecule has 0 fully saturated rings. The van der Waals surface area contributed by atoms with E-state index in [0.29, 0.717) is 16.9 Å². The monoisotopic (exact) mass is 272 g/mol. The third kappa shape index (κ3) is 2.50. The Bertz CT molecular complexity index is 638. The predicted octanol–water partition coefficient (Wildman–Crippen LogP) is 3.63. The maximum absolute atomic E-state index is 12.1. The van der Waals surface area contributed by atoms with Gasteiger partial charge >= 0.3 is 5.97 Å². The summed E-state index contributed by atoms with van der Waals surface area (Å²) in [5.74, 6) is -0.105. The van der Waals surface area contributed by atoms with Gasteiger partial charge in [-0.1, -0.05) is 30.3 Å². The van der Waals surface area contributed by atoms with Crippen molar-refractivity contribution in [2.75, 3.05) is 6.61 Å². The van der Waals surface area contributed by atoms with Crippen LogP contribution >= 0.6 is 0 Å². The number of hydrogen-bond acceptors (Lipinski definition) is 4. The van der Waals surface area contributed by atoms with Gasteiger partial charge in [0, 0.05) is 12.5 Å². The van der Waals surface area contributed by atoms with Crippen LogP contribution in [-0.2, 0) is 4.74 Å². The molecule has 0 amide bonds. The molecule has 0 aliphatic rings. The smallest absolute Gasteiger partial charge is 0.342 e. The molecule has 0 saturated heterocycles. The van der Waals surface area contributed by atoms with Crippen LogP contribution in [0.2, 0.25) is 0 Å². The van der Waals surface area contributed by atoms with Gasteiger partial charge < -0.3 is 9.15 Å². The van der Waals surface area contributed by atoms with E-state index in [9.17, 15) is 9.59 Å². The normalized spacial score (nSPS) is 10.3. The molecular weight excluding hydrogens is 256 g/mol. The van der Waals surface area contributed by atoms with Crippen molar-refractivity contribution in [3.8, 4) is 11.1 Å². The van der Waals surface area contributed by atoms with Crippen molar-refractivity contribution in [3.05, 3.63) is 47.4 Å². The van der Waals surface area contributed by atoms with Crippen LogP contribution in [0.3, 0.4) is 0 Å². The summed E-state index contributed by atoms with van der Waals surface area (Å²) in [4.78, 5) is 23.8. The molecule has 2 aromatic rings. The highest BCUT2D eigenvalue weighted by Crippen LogP contribution is 2.33. The second-order valence-corrected chi connectivity index (χ2v) is 4.38. The van der Waals surface area contributed by atoms with Crippen molar-refractivity contribution in [2.24, 2.45) is 0 Å². The van der Waals surface area contributed by atoms with Gasteiger partial charge in [0.25, 0.3) is 0 Å². The lowest BCUT2D eigenvalue weighted by atomic mass is 9.99. The summed E-state index contributed by atoms with van der Waals surface area (Å²) in [5.41, 5.74) is 1.59. The van der Waals surface area contributed by atoms with Gasteiger partial charge in [-0.05, 0) is 19.4 Å². The van der Waals surface area contributed by atoms with Gasteiger partial charge in [0.2, 0.25) is 0 Å². The van der Waals surface area contributed by atoms with E-state index >= 15 is 0 Å². The Morgan fingerprint density at radius 1 is 1.20 bits per heavy atom. The minimum absolute atomic E-state index is 0.191. The number of carbonyl (C=O) groups excluding carboxylic acids is 2. The molecule has 0 bridgehead atoms. The Morgan fingerprint density at radius 2 is 1.85 bits per heavy atom. The molecule has 2 rings (SSSR count). The number of furan rings is 1. The summed E-state index contributed by atoms with van der Waals surface area (Å²) in [6.07, 6.45) is 0. The van der Waals surface area contributed by atoms with E-state index in [0.717, 1.165) is 5.56 Å². The highest BCUT2D eigenvalue weighted by atomic mass is 16.5. The SMILES string of the molecule is CCOC(=O)c1c(C)oc(C(C)=O)c1-c1ccccc1. The van der Waals surface area contributed by atoms with Crippen LogP contribution in [0.15, 0.2) is 34.7 Å². The molecule has 0 unspecified atom stereocenters. The van der Waals surface area contributed by atoms with Gasteiger partial charge in [-0.2, -0.15) is 0 Å². The fraction of sp³-hybridized carbons (Fsp3) is 0.250. The first-order valence-electron chi connectivity index (χ1n) is 6.43. The maximum Gasteiger partial charge on any atom is 0.342 e. The fourth-order valence-electron chi connectivity index (χ4n) is 2.12. The molecule has 0 N–H and O–H groups in total. The molecule has 0 spiro atoms. The van der Waals surface area contributed by atoms with E-state index in [-0.39, 0.29) is 18.2 Å². The first-order chi connectivity index (χ1) is 9.56. The molecule has 1 aromatic heterocycles. The lowest BCUT2D eigenvalue weighted by Crippen LogP contribution is -2.07. The van der Waals surface area contributed by atoms with E-state index in [1.807, 2.05) is 30.3 Å². The molecule has 0 aliphatic carbocycles. The number of Topliss-reactive ketones (excluding diaryl/α,β-unsaturated/α-hetero) is 1. The maximum atomic E-state index is 12.1. The molecule has 104 valence electrons. The molecule has 1 aromatic carbocycles. The van der Waals surface area contributed by atoms with Crippen LogP contribution in [0.4, 0.5) is 0 Å². The quantitative estimate of drug-likeness (QED) is 0.630. The number of esters is 1. The topological polar surface area (TPSA) is 56.5 Å². The molecule has 1 heterocycles. The zero-order valence-electron chi connectivity index (χ0n) is 11.7. The van der Waals surface area contributed by atoms with Crippen LogP contribution < -0.4 is 0 Å². The van der Waals surface area contributed by atoms with Crippen molar-refractivity contribution in [1.29, 1.82) is 0 Å². The fourth-order valence-corrected chi connectivity index (χ4v) is 2.12. The average molecular weight is 272 g/mol. The Balaban J connectivity index is 2.68. The number of carbonyl (C=O) groups is 2. The minimum atomic E-state index is -0.472. The Morgan fingerprint density at radius 3 is 2.40 bits per heavy atom. The predicted molar refractivity (Wildman–Crippen MR) is 74.8 cm³/mol. The zero-order valence-corrected chi connectivity index (χ0v) is 11.7. The third-order valence-electron chi connectivity index (χ3n) is 2.95. The second kappa shape index (κ2) is 5.74. The average Bonchev–Trinajstić information content (AvgIpc) is 2.78. The lowest BCUT2D eigenvalue weighted by molar-refractivity contribution is 0.0525. The van der Waals surface area contributed by atoms with E-state index in [4.69, 9.17) is 9.15 Å². The van der Waals surface area contributed by atoms with Gasteiger partial charge in [-0.3, -0.25) is 4.79 Å². The van der Waals surface area contributed by atoms with Crippen molar-refractivity contribution in [2.45, 2.75) is 20.8 Å². The number of ketones is 1. The molecule has 0 radical (unpaired) electrons. The number of ether oxygens (including phenoxy) is 1. The molecule has 0 aliphatic heterocycles. The van der Waals surface area contributed by atoms with Crippen LogP contribution in [0.1, 0.15) is 40.5 Å². The van der Waals surface area contributed by atoms with Crippen LogP contribution in [0.25, 0.3) is 11.1 Å². The zero-order chi connectivity index (χ0) is 14.7. The Labute approximate surface area is 117 Å². The summed E-state index contributed by atoms with van der Waals surface area (Å²) >= 11 is 0. The first kappa shape index (κ1) is 14.1. The molecule has 0 saturated carbocycles. The van der Waals surface area contributed by atoms with Gasteiger partial charge in [-0.15, -0.1) is 0 Å². The van der Waals surface area contributed by atoms with Crippen LogP contribution in [-0.4, -0.2) is 18.4 Å². The largest absolute Gasteiger partial charge is 0.462 e. The summed E-state index contributed by atoms with van der Waals surface area (Å²) in [7, 11) is 0. The molecule has 4 heteroatoms. The van der Waals surface area contributed by atoms with E-state index in [1.54, 1.807) is 13.8 Å². The van der Waals surface area contributed by atoms with Crippen molar-refractivity contribution < 1.29 is 18.7 Å². The summed E-state index contributed by atoms with van der Waals surface area (Å²) in [6, 6.07) is 9.22. The summed E-state index contributed by atoms with van der Waals surface area (Å²) in [6.45, 7) is 5.08. The summed E-state index contributed by atoms with van der Waals surface area (Å²) < 4.78 is 10.5. The first-order valence-corrected chi connectivity index (χ1v) is 6.43. The van der Waals surface area contributed by atoms with Crippen LogP contribution in [0, 0.1) is 6.92 Å². The molecular formula is C16H16O4. The Hall–Kier alpha value is -2.36. The van der Waals surface area contributed by atoms with E-state index < -0.39 is 5.97 Å².